The van der Waals surface area contributed by atoms with Crippen LogP contribution in [0, 0.1) is 16.7 Å². The molecule has 0 radical (unpaired) electrons. The van der Waals surface area contributed by atoms with Gasteiger partial charge in [0.2, 0.25) is 0 Å². The molecule has 13 heavy (non-hydrogen) atoms. The minimum absolute atomic E-state index is 0.319. The first kappa shape index (κ1) is 9.72. The summed E-state index contributed by atoms with van der Waals surface area (Å²) in [7, 11) is 1.84. The molecule has 0 aliphatic carbocycles. The van der Waals surface area contributed by atoms with Crippen molar-refractivity contribution in [2.24, 2.45) is 12.5 Å². The van der Waals surface area contributed by atoms with Crippen LogP contribution in [0.1, 0.15) is 26.1 Å². The molecule has 1 unspecified atom stereocenters. The molecule has 0 fully saturated rings. The summed E-state index contributed by atoms with van der Waals surface area (Å²) in [6, 6.07) is 2.31. The molecule has 0 amide bonds. The fourth-order valence-corrected chi connectivity index (χ4v) is 1.07. The van der Waals surface area contributed by atoms with Crippen LogP contribution in [0.15, 0.2) is 6.33 Å². The van der Waals surface area contributed by atoms with Gasteiger partial charge in [-0.1, -0.05) is 6.92 Å². The highest BCUT2D eigenvalue weighted by Gasteiger charge is 2.23. The van der Waals surface area contributed by atoms with Crippen molar-refractivity contribution in [3.05, 3.63) is 12.2 Å². The van der Waals surface area contributed by atoms with Crippen LogP contribution in [0.2, 0.25) is 0 Å². The molecule has 0 N–H and O–H groups in total. The summed E-state index contributed by atoms with van der Waals surface area (Å²) in [5.41, 5.74) is -0.319. The average molecular weight is 178 g/mol. The van der Waals surface area contributed by atoms with E-state index in [-0.39, 0.29) is 5.41 Å². The van der Waals surface area contributed by atoms with E-state index in [9.17, 15) is 0 Å². The average Bonchev–Trinajstić information content (AvgIpc) is 2.52. The van der Waals surface area contributed by atoms with E-state index < -0.39 is 0 Å². The van der Waals surface area contributed by atoms with E-state index >= 15 is 0 Å². The van der Waals surface area contributed by atoms with Crippen LogP contribution in [-0.2, 0) is 13.5 Å². The number of rotatable bonds is 3. The second-order valence-electron chi connectivity index (χ2n) is 3.50. The third-order valence-electron chi connectivity index (χ3n) is 2.40. The van der Waals surface area contributed by atoms with Crippen LogP contribution in [0.4, 0.5) is 0 Å². The molecule has 1 heterocycles. The monoisotopic (exact) mass is 178 g/mol. The van der Waals surface area contributed by atoms with Crippen molar-refractivity contribution in [2.75, 3.05) is 0 Å². The second kappa shape index (κ2) is 3.56. The largest absolute Gasteiger partial charge is 0.253 e. The standard InChI is InChI=1S/C9H14N4/c1-4-9(2,6-10)5-8-11-7-12-13(8)3/h7H,4-5H2,1-3H3. The van der Waals surface area contributed by atoms with Gasteiger partial charge < -0.3 is 0 Å². The molecule has 4 heteroatoms. The van der Waals surface area contributed by atoms with Crippen LogP contribution >= 0.6 is 0 Å². The second-order valence-corrected chi connectivity index (χ2v) is 3.50. The summed E-state index contributed by atoms with van der Waals surface area (Å²) in [5.74, 6) is 0.867. The Kier molecular flexibility index (Phi) is 2.66. The van der Waals surface area contributed by atoms with Gasteiger partial charge in [0, 0.05) is 13.5 Å². The van der Waals surface area contributed by atoms with Gasteiger partial charge in [0.15, 0.2) is 0 Å². The topological polar surface area (TPSA) is 54.5 Å². The fraction of sp³-hybridized carbons (Fsp3) is 0.667. The number of nitriles is 1. The highest BCUT2D eigenvalue weighted by molar-refractivity contribution is 5.02. The van der Waals surface area contributed by atoms with Gasteiger partial charge in [0.25, 0.3) is 0 Å². The van der Waals surface area contributed by atoms with Crippen molar-refractivity contribution in [2.45, 2.75) is 26.7 Å². The Labute approximate surface area is 78.2 Å². The van der Waals surface area contributed by atoms with Gasteiger partial charge in [0.1, 0.15) is 12.2 Å². The van der Waals surface area contributed by atoms with Gasteiger partial charge in [-0.2, -0.15) is 10.4 Å². The summed E-state index contributed by atoms with van der Waals surface area (Å²) >= 11 is 0. The number of aromatic nitrogens is 3. The first-order valence-electron chi connectivity index (χ1n) is 4.35. The number of aryl methyl sites for hydroxylation is 1. The SMILES string of the molecule is CCC(C)(C#N)Cc1ncnn1C. The third kappa shape index (κ3) is 2.05. The van der Waals surface area contributed by atoms with Gasteiger partial charge in [-0.3, -0.25) is 4.68 Å². The predicted molar refractivity (Wildman–Crippen MR) is 48.7 cm³/mol. The van der Waals surface area contributed by atoms with Crippen LogP contribution in [0.3, 0.4) is 0 Å². The minimum atomic E-state index is -0.319. The molecule has 0 aromatic carbocycles. The number of hydrogen-bond acceptors (Lipinski definition) is 3. The Balaban J connectivity index is 2.80. The van der Waals surface area contributed by atoms with Crippen molar-refractivity contribution < 1.29 is 0 Å². The predicted octanol–water partition coefficient (Wildman–Crippen LogP) is 1.30. The lowest BCUT2D eigenvalue weighted by Gasteiger charge is -2.17. The maximum atomic E-state index is 8.97. The van der Waals surface area contributed by atoms with E-state index in [2.05, 4.69) is 16.2 Å². The molecule has 1 atom stereocenters. The molecule has 1 rings (SSSR count). The first-order chi connectivity index (χ1) is 6.11. The van der Waals surface area contributed by atoms with Crippen LogP contribution in [0.5, 0.6) is 0 Å². The van der Waals surface area contributed by atoms with Gasteiger partial charge in [-0.05, 0) is 13.3 Å². The van der Waals surface area contributed by atoms with E-state index in [1.807, 2.05) is 20.9 Å². The van der Waals surface area contributed by atoms with E-state index in [4.69, 9.17) is 5.26 Å². The lowest BCUT2D eigenvalue weighted by molar-refractivity contribution is 0.404. The van der Waals surface area contributed by atoms with Gasteiger partial charge in [0.05, 0.1) is 11.5 Å². The molecule has 1 aromatic rings. The van der Waals surface area contributed by atoms with Gasteiger partial charge in [-0.25, -0.2) is 4.98 Å². The van der Waals surface area contributed by atoms with Crippen molar-refractivity contribution in [3.8, 4) is 6.07 Å². The van der Waals surface area contributed by atoms with Gasteiger partial charge in [-0.15, -0.1) is 0 Å². The van der Waals surface area contributed by atoms with Crippen LogP contribution < -0.4 is 0 Å². The number of nitrogens with zero attached hydrogens (tertiary/aromatic N) is 4. The normalized spacial score (nSPS) is 14.9. The van der Waals surface area contributed by atoms with Crippen LogP contribution in [-0.4, -0.2) is 14.8 Å². The van der Waals surface area contributed by atoms with Crippen molar-refractivity contribution in [1.29, 1.82) is 5.26 Å². The van der Waals surface area contributed by atoms with E-state index in [0.29, 0.717) is 6.42 Å². The Morgan fingerprint density at radius 1 is 1.69 bits per heavy atom. The maximum Gasteiger partial charge on any atom is 0.138 e. The highest BCUT2D eigenvalue weighted by atomic mass is 15.3. The Morgan fingerprint density at radius 3 is 2.77 bits per heavy atom. The molecular weight excluding hydrogens is 164 g/mol. The van der Waals surface area contributed by atoms with Crippen LogP contribution in [0.25, 0.3) is 0 Å². The zero-order valence-corrected chi connectivity index (χ0v) is 8.28. The van der Waals surface area contributed by atoms with Crippen molar-refractivity contribution in [1.82, 2.24) is 14.8 Å². The smallest absolute Gasteiger partial charge is 0.138 e. The maximum absolute atomic E-state index is 8.97. The zero-order chi connectivity index (χ0) is 9.90. The minimum Gasteiger partial charge on any atom is -0.253 e. The highest BCUT2D eigenvalue weighted by Crippen LogP contribution is 2.23. The molecule has 0 spiro atoms. The molecule has 0 saturated heterocycles. The molecule has 0 bridgehead atoms. The molecule has 4 nitrogen and oxygen atoms in total. The van der Waals surface area contributed by atoms with Crippen molar-refractivity contribution in [3.63, 3.8) is 0 Å². The van der Waals surface area contributed by atoms with Gasteiger partial charge >= 0.3 is 0 Å². The molecule has 0 saturated carbocycles. The third-order valence-corrected chi connectivity index (χ3v) is 2.40. The first-order valence-corrected chi connectivity index (χ1v) is 4.35. The van der Waals surface area contributed by atoms with E-state index in [1.54, 1.807) is 4.68 Å². The lowest BCUT2D eigenvalue weighted by Crippen LogP contribution is -2.18. The van der Waals surface area contributed by atoms with E-state index in [1.165, 1.54) is 6.33 Å². The summed E-state index contributed by atoms with van der Waals surface area (Å²) in [6.45, 7) is 3.96. The summed E-state index contributed by atoms with van der Waals surface area (Å²) < 4.78 is 1.71. The van der Waals surface area contributed by atoms with E-state index in [0.717, 1.165) is 12.2 Å². The Morgan fingerprint density at radius 2 is 2.38 bits per heavy atom. The summed E-state index contributed by atoms with van der Waals surface area (Å²) in [4.78, 5) is 4.10. The molecule has 70 valence electrons. The fourth-order valence-electron chi connectivity index (χ4n) is 1.07. The molecule has 1 aromatic heterocycles. The molecular formula is C9H14N4. The lowest BCUT2D eigenvalue weighted by atomic mass is 9.85. The molecule has 0 aliphatic rings. The Bertz CT molecular complexity index is 323. The quantitative estimate of drug-likeness (QED) is 0.701. The summed E-state index contributed by atoms with van der Waals surface area (Å²) in [5, 5.41) is 12.9. The number of hydrogen-bond donors (Lipinski definition) is 0. The molecule has 0 aliphatic heterocycles. The zero-order valence-electron chi connectivity index (χ0n) is 8.28. The summed E-state index contributed by atoms with van der Waals surface area (Å²) in [6.07, 6.45) is 3.01. The van der Waals surface area contributed by atoms with Crippen molar-refractivity contribution >= 4 is 0 Å². The Hall–Kier alpha value is -1.37.